The predicted octanol–water partition coefficient (Wildman–Crippen LogP) is 1.47. The zero-order valence-corrected chi connectivity index (χ0v) is 9.93. The van der Waals surface area contributed by atoms with Crippen molar-refractivity contribution in [2.75, 3.05) is 14.2 Å². The van der Waals surface area contributed by atoms with Gasteiger partial charge >= 0.3 is 0 Å². The standard InChI is InChI=1S/C12H19NO3/c1-8(14)6-10(13)9-4-5-11(15-2)12(7-9)16-3/h4-5,7-8,10,14H,6,13H2,1-3H3/t8-,10?/m0/s1. The third-order valence-corrected chi connectivity index (χ3v) is 2.43. The van der Waals surface area contributed by atoms with Crippen LogP contribution < -0.4 is 15.2 Å². The average molecular weight is 225 g/mol. The molecule has 0 aliphatic rings. The number of ether oxygens (including phenoxy) is 2. The van der Waals surface area contributed by atoms with Gasteiger partial charge in [0.2, 0.25) is 0 Å². The Bertz CT molecular complexity index is 339. The zero-order valence-electron chi connectivity index (χ0n) is 9.93. The van der Waals surface area contributed by atoms with E-state index >= 15 is 0 Å². The van der Waals surface area contributed by atoms with Crippen LogP contribution in [0.4, 0.5) is 0 Å². The lowest BCUT2D eigenvalue weighted by Gasteiger charge is -2.16. The van der Waals surface area contributed by atoms with Gasteiger partial charge in [-0.2, -0.15) is 0 Å². The van der Waals surface area contributed by atoms with Crippen LogP contribution in [-0.4, -0.2) is 25.4 Å². The molecule has 0 aliphatic carbocycles. The number of rotatable bonds is 5. The van der Waals surface area contributed by atoms with Gasteiger partial charge in [-0.1, -0.05) is 6.07 Å². The highest BCUT2D eigenvalue weighted by Crippen LogP contribution is 2.30. The second-order valence-electron chi connectivity index (χ2n) is 3.81. The van der Waals surface area contributed by atoms with Gasteiger partial charge in [0.05, 0.1) is 20.3 Å². The molecule has 0 bridgehead atoms. The molecule has 16 heavy (non-hydrogen) atoms. The van der Waals surface area contributed by atoms with Gasteiger partial charge in [-0.15, -0.1) is 0 Å². The van der Waals surface area contributed by atoms with Gasteiger partial charge in [-0.3, -0.25) is 0 Å². The molecule has 0 aromatic heterocycles. The van der Waals surface area contributed by atoms with E-state index < -0.39 is 6.10 Å². The van der Waals surface area contributed by atoms with E-state index in [1.807, 2.05) is 18.2 Å². The van der Waals surface area contributed by atoms with E-state index in [1.165, 1.54) is 0 Å². The lowest BCUT2D eigenvalue weighted by molar-refractivity contribution is 0.175. The summed E-state index contributed by atoms with van der Waals surface area (Å²) in [6.07, 6.45) is 0.109. The highest BCUT2D eigenvalue weighted by atomic mass is 16.5. The molecule has 0 saturated heterocycles. The van der Waals surface area contributed by atoms with Crippen molar-refractivity contribution in [3.63, 3.8) is 0 Å². The lowest BCUT2D eigenvalue weighted by Crippen LogP contribution is -2.16. The highest BCUT2D eigenvalue weighted by Gasteiger charge is 2.12. The smallest absolute Gasteiger partial charge is 0.161 e. The van der Waals surface area contributed by atoms with E-state index in [0.29, 0.717) is 17.9 Å². The fourth-order valence-corrected chi connectivity index (χ4v) is 1.59. The van der Waals surface area contributed by atoms with Crippen LogP contribution in [0.25, 0.3) is 0 Å². The van der Waals surface area contributed by atoms with Crippen molar-refractivity contribution in [3.8, 4) is 11.5 Å². The minimum Gasteiger partial charge on any atom is -0.493 e. The van der Waals surface area contributed by atoms with Crippen molar-refractivity contribution >= 4 is 0 Å². The van der Waals surface area contributed by atoms with Gasteiger partial charge < -0.3 is 20.3 Å². The summed E-state index contributed by atoms with van der Waals surface area (Å²) in [6.45, 7) is 1.72. The maximum absolute atomic E-state index is 9.28. The quantitative estimate of drug-likeness (QED) is 0.796. The summed E-state index contributed by atoms with van der Waals surface area (Å²) < 4.78 is 10.3. The van der Waals surface area contributed by atoms with Crippen LogP contribution >= 0.6 is 0 Å². The molecule has 0 radical (unpaired) electrons. The average Bonchev–Trinajstić information content (AvgIpc) is 2.27. The van der Waals surface area contributed by atoms with Gasteiger partial charge in [-0.25, -0.2) is 0 Å². The normalized spacial score (nSPS) is 14.3. The first-order valence-corrected chi connectivity index (χ1v) is 5.24. The van der Waals surface area contributed by atoms with Gasteiger partial charge in [-0.05, 0) is 31.0 Å². The number of aliphatic hydroxyl groups is 1. The Balaban J connectivity index is 2.89. The first-order chi connectivity index (χ1) is 7.58. The fourth-order valence-electron chi connectivity index (χ4n) is 1.59. The van der Waals surface area contributed by atoms with Crippen LogP contribution in [0.3, 0.4) is 0 Å². The Labute approximate surface area is 96.0 Å². The maximum Gasteiger partial charge on any atom is 0.161 e. The van der Waals surface area contributed by atoms with Crippen molar-refractivity contribution in [1.29, 1.82) is 0 Å². The molecule has 3 N–H and O–H groups in total. The van der Waals surface area contributed by atoms with Gasteiger partial charge in [0.1, 0.15) is 0 Å². The summed E-state index contributed by atoms with van der Waals surface area (Å²) in [5.41, 5.74) is 6.88. The fraction of sp³-hybridized carbons (Fsp3) is 0.500. The molecule has 90 valence electrons. The molecule has 1 unspecified atom stereocenters. The molecule has 4 nitrogen and oxygen atoms in total. The Morgan fingerprint density at radius 3 is 2.38 bits per heavy atom. The van der Waals surface area contributed by atoms with Crippen LogP contribution in [0.5, 0.6) is 11.5 Å². The molecule has 0 saturated carbocycles. The van der Waals surface area contributed by atoms with Crippen molar-refractivity contribution < 1.29 is 14.6 Å². The monoisotopic (exact) mass is 225 g/mol. The molecule has 0 aliphatic heterocycles. The Hall–Kier alpha value is -1.26. The molecule has 1 aromatic rings. The molecule has 0 amide bonds. The van der Waals surface area contributed by atoms with Gasteiger partial charge in [0, 0.05) is 6.04 Å². The topological polar surface area (TPSA) is 64.7 Å². The Morgan fingerprint density at radius 1 is 1.25 bits per heavy atom. The number of nitrogens with two attached hydrogens (primary N) is 1. The summed E-state index contributed by atoms with van der Waals surface area (Å²) in [5, 5.41) is 9.28. The second-order valence-corrected chi connectivity index (χ2v) is 3.81. The largest absolute Gasteiger partial charge is 0.493 e. The van der Waals surface area contributed by atoms with Crippen molar-refractivity contribution in [2.24, 2.45) is 5.73 Å². The molecule has 2 atom stereocenters. The number of aliphatic hydroxyl groups excluding tert-OH is 1. The Kier molecular flexibility index (Phi) is 4.58. The van der Waals surface area contributed by atoms with E-state index in [2.05, 4.69) is 0 Å². The summed E-state index contributed by atoms with van der Waals surface area (Å²) in [5.74, 6) is 1.33. The number of hydrogen-bond donors (Lipinski definition) is 2. The summed E-state index contributed by atoms with van der Waals surface area (Å²) >= 11 is 0. The molecule has 0 heterocycles. The van der Waals surface area contributed by atoms with E-state index in [9.17, 15) is 5.11 Å². The number of hydrogen-bond acceptors (Lipinski definition) is 4. The second kappa shape index (κ2) is 5.72. The van der Waals surface area contributed by atoms with Crippen LogP contribution in [0.2, 0.25) is 0 Å². The first kappa shape index (κ1) is 12.8. The van der Waals surface area contributed by atoms with Crippen molar-refractivity contribution in [2.45, 2.75) is 25.5 Å². The summed E-state index contributed by atoms with van der Waals surface area (Å²) in [6, 6.07) is 5.34. The molecular weight excluding hydrogens is 206 g/mol. The minimum absolute atomic E-state index is 0.195. The van der Waals surface area contributed by atoms with Crippen LogP contribution in [0.15, 0.2) is 18.2 Å². The third kappa shape index (κ3) is 3.12. The molecule has 0 fully saturated rings. The minimum atomic E-state index is -0.414. The van der Waals surface area contributed by atoms with E-state index in [4.69, 9.17) is 15.2 Å². The van der Waals surface area contributed by atoms with Crippen molar-refractivity contribution in [3.05, 3.63) is 23.8 Å². The zero-order chi connectivity index (χ0) is 12.1. The SMILES string of the molecule is COc1ccc(C(N)C[C@H](C)O)cc1OC. The summed E-state index contributed by atoms with van der Waals surface area (Å²) in [7, 11) is 3.18. The molecule has 1 aromatic carbocycles. The molecular formula is C12H19NO3. The number of methoxy groups -OCH3 is 2. The Morgan fingerprint density at radius 2 is 1.88 bits per heavy atom. The van der Waals surface area contributed by atoms with Gasteiger partial charge in [0.15, 0.2) is 11.5 Å². The molecule has 1 rings (SSSR count). The number of benzene rings is 1. The van der Waals surface area contributed by atoms with Crippen LogP contribution in [0.1, 0.15) is 24.9 Å². The highest BCUT2D eigenvalue weighted by molar-refractivity contribution is 5.43. The lowest BCUT2D eigenvalue weighted by atomic mass is 10.0. The third-order valence-electron chi connectivity index (χ3n) is 2.43. The van der Waals surface area contributed by atoms with Crippen molar-refractivity contribution in [1.82, 2.24) is 0 Å². The van der Waals surface area contributed by atoms with Crippen LogP contribution in [-0.2, 0) is 0 Å². The first-order valence-electron chi connectivity index (χ1n) is 5.24. The maximum atomic E-state index is 9.28. The molecule has 4 heteroatoms. The van der Waals surface area contributed by atoms with E-state index in [-0.39, 0.29) is 6.04 Å². The summed E-state index contributed by atoms with van der Waals surface area (Å²) in [4.78, 5) is 0. The van der Waals surface area contributed by atoms with Gasteiger partial charge in [0.25, 0.3) is 0 Å². The van der Waals surface area contributed by atoms with E-state index in [1.54, 1.807) is 21.1 Å². The predicted molar refractivity (Wildman–Crippen MR) is 62.8 cm³/mol. The van der Waals surface area contributed by atoms with Crippen LogP contribution in [0, 0.1) is 0 Å². The van der Waals surface area contributed by atoms with E-state index in [0.717, 1.165) is 5.56 Å². The molecule has 0 spiro atoms.